The predicted molar refractivity (Wildman–Crippen MR) is 147 cm³/mol. The third-order valence-corrected chi connectivity index (χ3v) is 7.01. The molecule has 11 heteroatoms. The number of carboxylic acid groups (broad SMARTS) is 1. The number of likely N-dealkylation sites (tertiary alicyclic amines) is 1. The number of rotatable bonds is 7. The monoisotopic (exact) mass is 536 g/mol. The van der Waals surface area contributed by atoms with Crippen LogP contribution in [-0.4, -0.2) is 81.0 Å². The van der Waals surface area contributed by atoms with Gasteiger partial charge in [-0.2, -0.15) is 0 Å². The Balaban J connectivity index is 1.42. The molecule has 39 heavy (non-hydrogen) atoms. The van der Waals surface area contributed by atoms with Gasteiger partial charge in [0.2, 0.25) is 0 Å². The number of carbonyl (C=O) groups is 2. The summed E-state index contributed by atoms with van der Waals surface area (Å²) in [6, 6.07) is 10.7. The molecule has 3 atom stereocenters. The van der Waals surface area contributed by atoms with Crippen molar-refractivity contribution in [3.63, 3.8) is 0 Å². The van der Waals surface area contributed by atoms with Gasteiger partial charge >= 0.3 is 12.1 Å². The number of benzene rings is 1. The average Bonchev–Trinajstić information content (AvgIpc) is 3.48. The van der Waals surface area contributed by atoms with Crippen molar-refractivity contribution >= 4 is 28.9 Å². The van der Waals surface area contributed by atoms with Gasteiger partial charge in [-0.3, -0.25) is 4.90 Å². The standard InChI is InChI=1S/C28H36N6O5/c1-28(2,3)39-27(37)33-14-17(13-22(33)26(35)36)30-23-10-6-8-20(31-23)19-7-5-9-21-25(19)34-18(11-12-29-4)15-38-16-24(34)32-21/h5-10,17-18,22,29H,11-16H2,1-4H3,(H,30,31)(H,35,36)/t17-,18?,22-/m0/s1. The summed E-state index contributed by atoms with van der Waals surface area (Å²) in [5.41, 5.74) is 2.97. The third-order valence-electron chi connectivity index (χ3n) is 7.01. The Bertz CT molecular complexity index is 1370. The van der Waals surface area contributed by atoms with E-state index in [1.165, 1.54) is 4.90 Å². The molecule has 0 aliphatic carbocycles. The second kappa shape index (κ2) is 10.8. The molecule has 3 N–H and O–H groups in total. The smallest absolute Gasteiger partial charge is 0.411 e. The molecule has 2 aliphatic rings. The molecule has 1 aromatic carbocycles. The zero-order valence-corrected chi connectivity index (χ0v) is 22.8. The van der Waals surface area contributed by atoms with Gasteiger partial charge in [-0.1, -0.05) is 18.2 Å². The van der Waals surface area contributed by atoms with Crippen LogP contribution in [0.3, 0.4) is 0 Å². The first-order chi connectivity index (χ1) is 18.6. The highest BCUT2D eigenvalue weighted by atomic mass is 16.6. The fraction of sp³-hybridized carbons (Fsp3) is 0.500. The molecular formula is C28H36N6O5. The van der Waals surface area contributed by atoms with Gasteiger partial charge in [-0.15, -0.1) is 0 Å². The number of pyridine rings is 1. The Morgan fingerprint density at radius 3 is 2.72 bits per heavy atom. The largest absolute Gasteiger partial charge is 0.480 e. The van der Waals surface area contributed by atoms with Gasteiger partial charge in [0.15, 0.2) is 0 Å². The Labute approximate surface area is 227 Å². The van der Waals surface area contributed by atoms with Gasteiger partial charge in [0.05, 0.1) is 29.4 Å². The number of carboxylic acids is 1. The molecule has 11 nitrogen and oxygen atoms in total. The first-order valence-electron chi connectivity index (χ1n) is 13.3. The van der Waals surface area contributed by atoms with Crippen molar-refractivity contribution in [1.82, 2.24) is 24.8 Å². The summed E-state index contributed by atoms with van der Waals surface area (Å²) in [7, 11) is 1.94. The van der Waals surface area contributed by atoms with E-state index in [1.54, 1.807) is 20.8 Å². The molecule has 4 heterocycles. The van der Waals surface area contributed by atoms with Crippen LogP contribution in [0, 0.1) is 0 Å². The molecule has 1 unspecified atom stereocenters. The molecule has 0 radical (unpaired) electrons. The van der Waals surface area contributed by atoms with Crippen molar-refractivity contribution in [2.75, 3.05) is 32.1 Å². The Morgan fingerprint density at radius 1 is 1.18 bits per heavy atom. The molecule has 2 aromatic heterocycles. The van der Waals surface area contributed by atoms with Crippen molar-refractivity contribution in [3.05, 3.63) is 42.2 Å². The third kappa shape index (κ3) is 5.69. The zero-order valence-electron chi connectivity index (χ0n) is 22.8. The van der Waals surface area contributed by atoms with Gasteiger partial charge < -0.3 is 29.8 Å². The van der Waals surface area contributed by atoms with Crippen LogP contribution in [0.5, 0.6) is 0 Å². The fourth-order valence-corrected chi connectivity index (χ4v) is 5.35. The number of aliphatic carboxylic acids is 1. The molecular weight excluding hydrogens is 500 g/mol. The van der Waals surface area contributed by atoms with Gasteiger partial charge in [-0.25, -0.2) is 19.6 Å². The lowest BCUT2D eigenvalue weighted by molar-refractivity contribution is -0.142. The highest BCUT2D eigenvalue weighted by molar-refractivity contribution is 5.92. The van der Waals surface area contributed by atoms with E-state index in [-0.39, 0.29) is 25.0 Å². The second-order valence-electron chi connectivity index (χ2n) is 11.1. The van der Waals surface area contributed by atoms with Crippen LogP contribution in [-0.2, 0) is 20.9 Å². The number of hydrogen-bond donors (Lipinski definition) is 3. The van der Waals surface area contributed by atoms with E-state index >= 15 is 0 Å². The first-order valence-corrected chi connectivity index (χ1v) is 13.3. The van der Waals surface area contributed by atoms with E-state index in [1.807, 2.05) is 43.4 Å². The van der Waals surface area contributed by atoms with Crippen LogP contribution < -0.4 is 10.6 Å². The van der Waals surface area contributed by atoms with Crippen molar-refractivity contribution in [2.45, 2.75) is 63.9 Å². The number of nitrogens with one attached hydrogen (secondary N) is 2. The number of imidazole rings is 1. The molecule has 1 fully saturated rings. The van der Waals surface area contributed by atoms with Crippen molar-refractivity contribution < 1.29 is 24.2 Å². The van der Waals surface area contributed by atoms with Crippen LogP contribution in [0.25, 0.3) is 22.3 Å². The van der Waals surface area contributed by atoms with Crippen molar-refractivity contribution in [3.8, 4) is 11.3 Å². The number of hydrogen-bond acceptors (Lipinski definition) is 8. The van der Waals surface area contributed by atoms with Crippen LogP contribution in [0.4, 0.5) is 10.6 Å². The van der Waals surface area contributed by atoms with Crippen LogP contribution in [0.2, 0.25) is 0 Å². The molecule has 0 saturated carbocycles. The maximum atomic E-state index is 12.7. The zero-order chi connectivity index (χ0) is 27.7. The summed E-state index contributed by atoms with van der Waals surface area (Å²) < 4.78 is 13.6. The number of fused-ring (bicyclic) bond motifs is 3. The van der Waals surface area contributed by atoms with Gasteiger partial charge in [0.25, 0.3) is 0 Å². The first kappa shape index (κ1) is 26.9. The lowest BCUT2D eigenvalue weighted by Crippen LogP contribution is -2.43. The van der Waals surface area contributed by atoms with Gasteiger partial charge in [0, 0.05) is 24.6 Å². The molecule has 2 aliphatic heterocycles. The Hall–Kier alpha value is -3.70. The summed E-state index contributed by atoms with van der Waals surface area (Å²) in [5.74, 6) is 0.464. The van der Waals surface area contributed by atoms with Crippen LogP contribution in [0.1, 0.15) is 45.5 Å². The lowest BCUT2D eigenvalue weighted by atomic mass is 10.1. The van der Waals surface area contributed by atoms with Crippen LogP contribution in [0.15, 0.2) is 36.4 Å². The minimum atomic E-state index is -1.05. The second-order valence-corrected chi connectivity index (χ2v) is 11.1. The fourth-order valence-electron chi connectivity index (χ4n) is 5.35. The van der Waals surface area contributed by atoms with Crippen molar-refractivity contribution in [2.24, 2.45) is 0 Å². The highest BCUT2D eigenvalue weighted by Crippen LogP contribution is 2.34. The SMILES string of the molecule is CNCCC1COCc2nc3cccc(-c4cccc(N[C@H]5C[C@@H](C(=O)O)N(C(=O)OC(C)(C)C)C5)n4)c3n21. The number of amides is 1. The summed E-state index contributed by atoms with van der Waals surface area (Å²) in [4.78, 5) is 35.6. The maximum Gasteiger partial charge on any atom is 0.411 e. The number of ether oxygens (including phenoxy) is 2. The van der Waals surface area contributed by atoms with Gasteiger partial charge in [0.1, 0.15) is 29.9 Å². The molecule has 0 bridgehead atoms. The summed E-state index contributed by atoms with van der Waals surface area (Å²) in [6.45, 7) is 7.45. The molecule has 0 spiro atoms. The van der Waals surface area contributed by atoms with E-state index in [4.69, 9.17) is 19.4 Å². The molecule has 1 saturated heterocycles. The summed E-state index contributed by atoms with van der Waals surface area (Å²) in [5, 5.41) is 16.3. The lowest BCUT2D eigenvalue weighted by Gasteiger charge is -2.27. The molecule has 5 rings (SSSR count). The van der Waals surface area contributed by atoms with E-state index < -0.39 is 23.7 Å². The van der Waals surface area contributed by atoms with Gasteiger partial charge in [-0.05, 0) is 59.0 Å². The number of para-hydroxylation sites is 1. The minimum absolute atomic E-state index is 0.166. The quantitative estimate of drug-likeness (QED) is 0.414. The highest BCUT2D eigenvalue weighted by Gasteiger charge is 2.41. The Kier molecular flexibility index (Phi) is 7.46. The van der Waals surface area contributed by atoms with E-state index in [0.29, 0.717) is 19.0 Å². The number of carbonyl (C=O) groups excluding carboxylic acids is 1. The predicted octanol–water partition coefficient (Wildman–Crippen LogP) is 3.65. The van der Waals surface area contributed by atoms with E-state index in [0.717, 1.165) is 41.1 Å². The van der Waals surface area contributed by atoms with E-state index in [9.17, 15) is 14.7 Å². The minimum Gasteiger partial charge on any atom is -0.480 e. The normalized spacial score (nSPS) is 21.1. The summed E-state index contributed by atoms with van der Waals surface area (Å²) in [6.07, 6.45) is 0.535. The molecule has 3 aromatic rings. The molecule has 208 valence electrons. The van der Waals surface area contributed by atoms with Crippen molar-refractivity contribution in [1.29, 1.82) is 0 Å². The summed E-state index contributed by atoms with van der Waals surface area (Å²) >= 11 is 0. The maximum absolute atomic E-state index is 12.7. The topological polar surface area (TPSA) is 131 Å². The van der Waals surface area contributed by atoms with Crippen LogP contribution >= 0.6 is 0 Å². The number of anilines is 1. The Morgan fingerprint density at radius 2 is 1.97 bits per heavy atom. The molecule has 1 amide bonds. The number of nitrogens with zero attached hydrogens (tertiary/aromatic N) is 4. The average molecular weight is 537 g/mol. The van der Waals surface area contributed by atoms with E-state index in [2.05, 4.69) is 15.2 Å². The number of aromatic nitrogens is 3.